The highest BCUT2D eigenvalue weighted by Gasteiger charge is 2.00. The van der Waals surface area contributed by atoms with Crippen LogP contribution in [-0.2, 0) is 13.2 Å². The van der Waals surface area contributed by atoms with E-state index in [1.807, 2.05) is 24.3 Å². The second-order valence-electron chi connectivity index (χ2n) is 4.99. The zero-order valence-electron chi connectivity index (χ0n) is 11.5. The van der Waals surface area contributed by atoms with Gasteiger partial charge in [0.25, 0.3) is 0 Å². The molecule has 100 valence electrons. The molecule has 19 heavy (non-hydrogen) atoms. The number of rotatable bonds is 5. The van der Waals surface area contributed by atoms with Crippen molar-refractivity contribution in [2.75, 3.05) is 0 Å². The molecule has 0 aliphatic rings. The summed E-state index contributed by atoms with van der Waals surface area (Å²) in [6.45, 7) is 4.96. The smallest absolute Gasteiger partial charge is 0.120 e. The Bertz CT molecular complexity index is 515. The quantitative estimate of drug-likeness (QED) is 0.879. The highest BCUT2D eigenvalue weighted by Crippen LogP contribution is 2.17. The minimum Gasteiger partial charge on any atom is -0.489 e. The van der Waals surface area contributed by atoms with Crippen LogP contribution in [0.1, 0.15) is 36.5 Å². The third kappa shape index (κ3) is 3.83. The van der Waals surface area contributed by atoms with E-state index in [0.29, 0.717) is 12.5 Å². The lowest BCUT2D eigenvalue weighted by Crippen LogP contribution is -1.97. The Morgan fingerprint density at radius 1 is 1.00 bits per heavy atom. The molecule has 0 saturated carbocycles. The van der Waals surface area contributed by atoms with Crippen molar-refractivity contribution in [3.63, 3.8) is 0 Å². The second-order valence-corrected chi connectivity index (χ2v) is 4.99. The fourth-order valence-corrected chi connectivity index (χ4v) is 1.90. The van der Waals surface area contributed by atoms with Crippen molar-refractivity contribution in [2.24, 2.45) is 0 Å². The molecule has 0 amide bonds. The van der Waals surface area contributed by atoms with Crippen molar-refractivity contribution < 1.29 is 9.84 Å². The highest BCUT2D eigenvalue weighted by atomic mass is 16.5. The van der Waals surface area contributed by atoms with Crippen molar-refractivity contribution >= 4 is 0 Å². The summed E-state index contributed by atoms with van der Waals surface area (Å²) in [6, 6.07) is 16.0. The molecule has 0 heterocycles. The van der Waals surface area contributed by atoms with E-state index in [9.17, 15) is 0 Å². The minimum atomic E-state index is 0.0419. The molecule has 0 aliphatic carbocycles. The third-order valence-electron chi connectivity index (χ3n) is 3.13. The lowest BCUT2D eigenvalue weighted by molar-refractivity contribution is 0.278. The van der Waals surface area contributed by atoms with Crippen molar-refractivity contribution in [1.82, 2.24) is 0 Å². The monoisotopic (exact) mass is 256 g/mol. The van der Waals surface area contributed by atoms with E-state index in [4.69, 9.17) is 9.84 Å². The Hall–Kier alpha value is -1.80. The number of benzene rings is 2. The SMILES string of the molecule is CC(C)c1ccc(COc2cccc(CO)c2)cc1. The van der Waals surface area contributed by atoms with E-state index >= 15 is 0 Å². The van der Waals surface area contributed by atoms with Crippen LogP contribution in [0.4, 0.5) is 0 Å². The van der Waals surface area contributed by atoms with Gasteiger partial charge in [-0.05, 0) is 34.7 Å². The van der Waals surface area contributed by atoms with Gasteiger partial charge in [0.1, 0.15) is 12.4 Å². The van der Waals surface area contributed by atoms with Gasteiger partial charge in [-0.15, -0.1) is 0 Å². The van der Waals surface area contributed by atoms with Crippen LogP contribution in [0.5, 0.6) is 5.75 Å². The van der Waals surface area contributed by atoms with Crippen molar-refractivity contribution in [3.8, 4) is 5.75 Å². The maximum Gasteiger partial charge on any atom is 0.120 e. The van der Waals surface area contributed by atoms with Crippen LogP contribution < -0.4 is 4.74 Å². The molecule has 0 aromatic heterocycles. The lowest BCUT2D eigenvalue weighted by Gasteiger charge is -2.09. The molecular weight excluding hydrogens is 236 g/mol. The van der Waals surface area contributed by atoms with Crippen LogP contribution in [0, 0.1) is 0 Å². The van der Waals surface area contributed by atoms with E-state index in [0.717, 1.165) is 16.9 Å². The third-order valence-corrected chi connectivity index (χ3v) is 3.13. The number of aliphatic hydroxyl groups is 1. The Kier molecular flexibility index (Phi) is 4.58. The average molecular weight is 256 g/mol. The summed E-state index contributed by atoms with van der Waals surface area (Å²) in [5.41, 5.74) is 3.36. The van der Waals surface area contributed by atoms with Gasteiger partial charge < -0.3 is 9.84 Å². The van der Waals surface area contributed by atoms with Gasteiger partial charge in [-0.1, -0.05) is 50.2 Å². The van der Waals surface area contributed by atoms with Gasteiger partial charge in [-0.3, -0.25) is 0 Å². The maximum absolute atomic E-state index is 9.07. The molecule has 2 heteroatoms. The summed E-state index contributed by atoms with van der Waals surface area (Å²) in [5.74, 6) is 1.34. The van der Waals surface area contributed by atoms with Crippen LogP contribution in [0.3, 0.4) is 0 Å². The van der Waals surface area contributed by atoms with Crippen molar-refractivity contribution in [2.45, 2.75) is 33.0 Å². The molecule has 0 spiro atoms. The molecule has 2 rings (SSSR count). The summed E-state index contributed by atoms with van der Waals surface area (Å²) < 4.78 is 5.72. The molecule has 2 aromatic carbocycles. The van der Waals surface area contributed by atoms with Gasteiger partial charge in [0, 0.05) is 0 Å². The van der Waals surface area contributed by atoms with Crippen LogP contribution in [0.2, 0.25) is 0 Å². The number of hydrogen-bond acceptors (Lipinski definition) is 2. The van der Waals surface area contributed by atoms with Gasteiger partial charge in [0.05, 0.1) is 6.61 Å². The van der Waals surface area contributed by atoms with Crippen LogP contribution >= 0.6 is 0 Å². The number of ether oxygens (including phenoxy) is 1. The summed E-state index contributed by atoms with van der Waals surface area (Å²) in [5, 5.41) is 9.07. The zero-order valence-corrected chi connectivity index (χ0v) is 11.5. The average Bonchev–Trinajstić information content (AvgIpc) is 2.46. The number of aliphatic hydroxyl groups excluding tert-OH is 1. The predicted molar refractivity (Wildman–Crippen MR) is 77.2 cm³/mol. The van der Waals surface area contributed by atoms with Crippen molar-refractivity contribution in [3.05, 3.63) is 65.2 Å². The summed E-state index contributed by atoms with van der Waals surface area (Å²) in [4.78, 5) is 0. The van der Waals surface area contributed by atoms with Gasteiger partial charge in [-0.25, -0.2) is 0 Å². The Morgan fingerprint density at radius 3 is 2.37 bits per heavy atom. The van der Waals surface area contributed by atoms with Crippen LogP contribution in [0.15, 0.2) is 48.5 Å². The molecule has 1 N–H and O–H groups in total. The van der Waals surface area contributed by atoms with E-state index in [2.05, 4.69) is 38.1 Å². The molecule has 0 aliphatic heterocycles. The molecule has 0 radical (unpaired) electrons. The molecule has 0 unspecified atom stereocenters. The Labute approximate surface area is 114 Å². The standard InChI is InChI=1S/C17H20O2/c1-13(2)16-8-6-14(7-9-16)12-19-17-5-3-4-15(10-17)11-18/h3-10,13,18H,11-12H2,1-2H3. The fourth-order valence-electron chi connectivity index (χ4n) is 1.90. The summed E-state index contributed by atoms with van der Waals surface area (Å²) in [7, 11) is 0. The first-order valence-corrected chi connectivity index (χ1v) is 6.60. The fraction of sp³-hybridized carbons (Fsp3) is 0.294. The van der Waals surface area contributed by atoms with E-state index in [1.54, 1.807) is 0 Å². The molecule has 0 fully saturated rings. The van der Waals surface area contributed by atoms with Crippen LogP contribution in [-0.4, -0.2) is 5.11 Å². The topological polar surface area (TPSA) is 29.5 Å². The lowest BCUT2D eigenvalue weighted by atomic mass is 10.0. The first-order valence-electron chi connectivity index (χ1n) is 6.60. The molecular formula is C17H20O2. The largest absolute Gasteiger partial charge is 0.489 e. The molecule has 0 bridgehead atoms. The first-order chi connectivity index (χ1) is 9.19. The normalized spacial score (nSPS) is 10.7. The predicted octanol–water partition coefficient (Wildman–Crippen LogP) is 3.88. The second kappa shape index (κ2) is 6.39. The van der Waals surface area contributed by atoms with Gasteiger partial charge in [0.15, 0.2) is 0 Å². The van der Waals surface area contributed by atoms with Gasteiger partial charge >= 0.3 is 0 Å². The number of hydrogen-bond donors (Lipinski definition) is 1. The summed E-state index contributed by atoms with van der Waals surface area (Å²) in [6.07, 6.45) is 0. The Morgan fingerprint density at radius 2 is 1.74 bits per heavy atom. The van der Waals surface area contributed by atoms with Crippen molar-refractivity contribution in [1.29, 1.82) is 0 Å². The van der Waals surface area contributed by atoms with E-state index in [-0.39, 0.29) is 6.61 Å². The first kappa shape index (κ1) is 13.6. The minimum absolute atomic E-state index is 0.0419. The van der Waals surface area contributed by atoms with Gasteiger partial charge in [0.2, 0.25) is 0 Å². The highest BCUT2D eigenvalue weighted by molar-refractivity contribution is 5.29. The molecule has 2 aromatic rings. The van der Waals surface area contributed by atoms with Gasteiger partial charge in [-0.2, -0.15) is 0 Å². The molecule has 0 saturated heterocycles. The summed E-state index contributed by atoms with van der Waals surface area (Å²) >= 11 is 0. The Balaban J connectivity index is 1.98. The molecule has 0 atom stereocenters. The maximum atomic E-state index is 9.07. The van der Waals surface area contributed by atoms with E-state index in [1.165, 1.54) is 5.56 Å². The van der Waals surface area contributed by atoms with Crippen LogP contribution in [0.25, 0.3) is 0 Å². The van der Waals surface area contributed by atoms with E-state index < -0.39 is 0 Å². The molecule has 2 nitrogen and oxygen atoms in total. The zero-order chi connectivity index (χ0) is 13.7.